The first-order valence-electron chi connectivity index (χ1n) is 7.32. The van der Waals surface area contributed by atoms with Gasteiger partial charge < -0.3 is 4.90 Å². The molecule has 116 valence electrons. The summed E-state index contributed by atoms with van der Waals surface area (Å²) in [5.74, 6) is 0. The summed E-state index contributed by atoms with van der Waals surface area (Å²) in [4.78, 5) is 2.50. The predicted molar refractivity (Wildman–Crippen MR) is 88.3 cm³/mol. The highest BCUT2D eigenvalue weighted by atomic mass is 32.2. The fourth-order valence-electron chi connectivity index (χ4n) is 2.98. The Bertz CT molecular complexity index is 798. The van der Waals surface area contributed by atoms with Crippen LogP contribution >= 0.6 is 0 Å². The van der Waals surface area contributed by atoms with Crippen LogP contribution in [-0.2, 0) is 23.0 Å². The maximum absolute atomic E-state index is 11.5. The SMILES string of the molecule is Cc1ccc(CN2c3ccc(S(N)(=O)=O)cc3CC2C)cc1. The van der Waals surface area contributed by atoms with E-state index < -0.39 is 10.0 Å². The van der Waals surface area contributed by atoms with E-state index in [9.17, 15) is 8.42 Å². The molecule has 2 N–H and O–H groups in total. The van der Waals surface area contributed by atoms with Crippen LogP contribution in [0.5, 0.6) is 0 Å². The summed E-state index contributed by atoms with van der Waals surface area (Å²) in [7, 11) is -3.64. The van der Waals surface area contributed by atoms with Crippen molar-refractivity contribution in [3.63, 3.8) is 0 Å². The van der Waals surface area contributed by atoms with Crippen LogP contribution in [0.1, 0.15) is 23.6 Å². The molecule has 5 heteroatoms. The first-order valence-corrected chi connectivity index (χ1v) is 8.87. The van der Waals surface area contributed by atoms with Gasteiger partial charge in [-0.15, -0.1) is 0 Å². The van der Waals surface area contributed by atoms with Gasteiger partial charge in [0.05, 0.1) is 4.90 Å². The molecule has 1 unspecified atom stereocenters. The minimum Gasteiger partial charge on any atom is -0.364 e. The highest BCUT2D eigenvalue weighted by Crippen LogP contribution is 2.34. The third-order valence-electron chi connectivity index (χ3n) is 4.21. The predicted octanol–water partition coefficient (Wildman–Crippen LogP) is 2.59. The van der Waals surface area contributed by atoms with Gasteiger partial charge in [-0.25, -0.2) is 13.6 Å². The minimum atomic E-state index is -3.64. The van der Waals surface area contributed by atoms with Gasteiger partial charge in [-0.05, 0) is 49.6 Å². The van der Waals surface area contributed by atoms with Crippen LogP contribution < -0.4 is 10.0 Å². The van der Waals surface area contributed by atoms with E-state index in [4.69, 9.17) is 5.14 Å². The van der Waals surface area contributed by atoms with Crippen LogP contribution in [0.2, 0.25) is 0 Å². The van der Waals surface area contributed by atoms with Gasteiger partial charge in [0.2, 0.25) is 10.0 Å². The zero-order valence-electron chi connectivity index (χ0n) is 12.8. The fraction of sp³-hybridized carbons (Fsp3) is 0.294. The molecule has 2 aromatic rings. The molecule has 1 atom stereocenters. The number of aryl methyl sites for hydroxylation is 1. The third-order valence-corrected chi connectivity index (χ3v) is 5.12. The standard InChI is InChI=1S/C17H20N2O2S/c1-12-3-5-14(6-4-12)11-19-13(2)9-15-10-16(22(18,20)21)7-8-17(15)19/h3-8,10,13H,9,11H2,1-2H3,(H2,18,20,21). The summed E-state index contributed by atoms with van der Waals surface area (Å²) >= 11 is 0. The van der Waals surface area contributed by atoms with Crippen molar-refractivity contribution in [2.75, 3.05) is 4.90 Å². The van der Waals surface area contributed by atoms with E-state index in [0.29, 0.717) is 6.04 Å². The van der Waals surface area contributed by atoms with Crippen molar-refractivity contribution in [1.29, 1.82) is 0 Å². The zero-order valence-corrected chi connectivity index (χ0v) is 13.6. The first-order chi connectivity index (χ1) is 10.3. The average molecular weight is 316 g/mol. The molecular weight excluding hydrogens is 296 g/mol. The van der Waals surface area contributed by atoms with E-state index >= 15 is 0 Å². The molecule has 0 saturated heterocycles. The molecule has 1 aliphatic rings. The van der Waals surface area contributed by atoms with Gasteiger partial charge in [0.25, 0.3) is 0 Å². The second kappa shape index (κ2) is 5.41. The number of hydrogen-bond donors (Lipinski definition) is 1. The summed E-state index contributed by atoms with van der Waals surface area (Å²) in [6, 6.07) is 14.0. The molecule has 4 nitrogen and oxygen atoms in total. The van der Waals surface area contributed by atoms with Crippen molar-refractivity contribution in [3.05, 3.63) is 59.2 Å². The molecule has 0 spiro atoms. The molecular formula is C17H20N2O2S. The molecule has 0 radical (unpaired) electrons. The second-order valence-electron chi connectivity index (χ2n) is 6.00. The van der Waals surface area contributed by atoms with E-state index in [-0.39, 0.29) is 4.90 Å². The van der Waals surface area contributed by atoms with Crippen LogP contribution in [0.3, 0.4) is 0 Å². The lowest BCUT2D eigenvalue weighted by molar-refractivity contribution is 0.597. The third kappa shape index (κ3) is 2.87. The minimum absolute atomic E-state index is 0.190. The van der Waals surface area contributed by atoms with E-state index in [2.05, 4.69) is 43.0 Å². The Hall–Kier alpha value is -1.85. The van der Waals surface area contributed by atoms with Crippen molar-refractivity contribution in [3.8, 4) is 0 Å². The number of nitrogens with two attached hydrogens (primary N) is 1. The van der Waals surface area contributed by atoms with Crippen molar-refractivity contribution >= 4 is 15.7 Å². The highest BCUT2D eigenvalue weighted by Gasteiger charge is 2.27. The second-order valence-corrected chi connectivity index (χ2v) is 7.56. The maximum atomic E-state index is 11.5. The average Bonchev–Trinajstić information content (AvgIpc) is 2.76. The lowest BCUT2D eigenvalue weighted by Crippen LogP contribution is -2.28. The summed E-state index contributed by atoms with van der Waals surface area (Å²) in [5, 5.41) is 5.22. The first kappa shape index (κ1) is 15.1. The number of nitrogens with zero attached hydrogens (tertiary/aromatic N) is 1. The normalized spacial score (nSPS) is 17.6. The highest BCUT2D eigenvalue weighted by molar-refractivity contribution is 7.89. The van der Waals surface area contributed by atoms with Gasteiger partial charge in [0.15, 0.2) is 0 Å². The number of benzene rings is 2. The summed E-state index contributed by atoms with van der Waals surface area (Å²) < 4.78 is 23.0. The number of rotatable bonds is 3. The van der Waals surface area contributed by atoms with E-state index in [1.807, 2.05) is 6.07 Å². The number of anilines is 1. The van der Waals surface area contributed by atoms with Crippen LogP contribution in [0.25, 0.3) is 0 Å². The van der Waals surface area contributed by atoms with E-state index in [1.54, 1.807) is 12.1 Å². The Kier molecular flexibility index (Phi) is 3.70. The van der Waals surface area contributed by atoms with Crippen molar-refractivity contribution < 1.29 is 8.42 Å². The van der Waals surface area contributed by atoms with E-state index in [0.717, 1.165) is 24.2 Å². The number of primary sulfonamides is 1. The largest absolute Gasteiger partial charge is 0.364 e. The topological polar surface area (TPSA) is 63.4 Å². The Morgan fingerprint density at radius 3 is 2.50 bits per heavy atom. The molecule has 0 aliphatic carbocycles. The van der Waals surface area contributed by atoms with Crippen molar-refractivity contribution in [1.82, 2.24) is 0 Å². The molecule has 0 bridgehead atoms. The van der Waals surface area contributed by atoms with Crippen molar-refractivity contribution in [2.24, 2.45) is 5.14 Å². The molecule has 1 aliphatic heterocycles. The van der Waals surface area contributed by atoms with E-state index in [1.165, 1.54) is 11.1 Å². The van der Waals surface area contributed by atoms with Gasteiger partial charge in [-0.1, -0.05) is 29.8 Å². The Labute approximate surface area is 131 Å². The fourth-order valence-corrected chi connectivity index (χ4v) is 3.54. The molecule has 2 aromatic carbocycles. The van der Waals surface area contributed by atoms with Gasteiger partial charge in [-0.3, -0.25) is 0 Å². The molecule has 1 heterocycles. The zero-order chi connectivity index (χ0) is 15.9. The van der Waals surface area contributed by atoms with Crippen LogP contribution in [0, 0.1) is 6.92 Å². The maximum Gasteiger partial charge on any atom is 0.238 e. The number of fused-ring (bicyclic) bond motifs is 1. The molecule has 0 amide bonds. The van der Waals surface area contributed by atoms with Gasteiger partial charge >= 0.3 is 0 Å². The van der Waals surface area contributed by atoms with Crippen LogP contribution in [0.4, 0.5) is 5.69 Å². The molecule has 0 saturated carbocycles. The van der Waals surface area contributed by atoms with Gasteiger partial charge in [-0.2, -0.15) is 0 Å². The smallest absolute Gasteiger partial charge is 0.238 e. The summed E-state index contributed by atoms with van der Waals surface area (Å²) in [6.45, 7) is 5.06. The summed E-state index contributed by atoms with van der Waals surface area (Å²) in [6.07, 6.45) is 0.838. The molecule has 22 heavy (non-hydrogen) atoms. The Morgan fingerprint density at radius 2 is 1.86 bits per heavy atom. The van der Waals surface area contributed by atoms with Crippen LogP contribution in [0.15, 0.2) is 47.4 Å². The molecule has 3 rings (SSSR count). The van der Waals surface area contributed by atoms with Crippen molar-refractivity contribution in [2.45, 2.75) is 37.8 Å². The molecule has 0 fully saturated rings. The van der Waals surface area contributed by atoms with Gasteiger partial charge in [0.1, 0.15) is 0 Å². The Morgan fingerprint density at radius 1 is 1.18 bits per heavy atom. The lowest BCUT2D eigenvalue weighted by atomic mass is 10.1. The number of hydrogen-bond acceptors (Lipinski definition) is 3. The van der Waals surface area contributed by atoms with Gasteiger partial charge in [0, 0.05) is 18.3 Å². The number of sulfonamides is 1. The Balaban J connectivity index is 1.91. The van der Waals surface area contributed by atoms with Crippen LogP contribution in [-0.4, -0.2) is 14.5 Å². The quantitative estimate of drug-likeness (QED) is 0.946. The molecule has 0 aromatic heterocycles. The monoisotopic (exact) mass is 316 g/mol. The lowest BCUT2D eigenvalue weighted by Gasteiger charge is -2.25. The summed E-state index contributed by atoms with van der Waals surface area (Å²) in [5.41, 5.74) is 4.64.